The van der Waals surface area contributed by atoms with Crippen molar-refractivity contribution in [1.82, 2.24) is 9.88 Å². The Morgan fingerprint density at radius 3 is 2.74 bits per heavy atom. The summed E-state index contributed by atoms with van der Waals surface area (Å²) in [5.74, 6) is 0.651. The Bertz CT molecular complexity index is 969. The molecule has 1 aliphatic rings. The Labute approximate surface area is 166 Å². The van der Waals surface area contributed by atoms with Gasteiger partial charge in [-0.25, -0.2) is 9.78 Å². The second kappa shape index (κ2) is 7.62. The summed E-state index contributed by atoms with van der Waals surface area (Å²) < 4.78 is 6.37. The minimum absolute atomic E-state index is 0.116. The molecule has 2 aromatic carbocycles. The van der Waals surface area contributed by atoms with E-state index in [1.807, 2.05) is 47.4 Å². The summed E-state index contributed by atoms with van der Waals surface area (Å²) in [6.07, 6.45) is 0. The number of aromatic nitrogens is 1. The van der Waals surface area contributed by atoms with Gasteiger partial charge in [0.05, 0.1) is 23.0 Å². The second-order valence-corrected chi connectivity index (χ2v) is 7.66. The number of carbonyl (C=O) groups is 1. The number of thiazole rings is 1. The van der Waals surface area contributed by atoms with E-state index >= 15 is 0 Å². The topological polar surface area (TPSA) is 57.7 Å². The summed E-state index contributed by atoms with van der Waals surface area (Å²) in [4.78, 5) is 21.3. The molecule has 140 valence electrons. The van der Waals surface area contributed by atoms with Crippen LogP contribution < -0.4 is 15.0 Å². The van der Waals surface area contributed by atoms with Crippen molar-refractivity contribution in [3.8, 4) is 5.75 Å². The number of anilines is 2. The number of fused-ring (bicyclic) bond motifs is 1. The smallest absolute Gasteiger partial charge is 0.322 e. The number of methoxy groups -OCH3 is 1. The largest absolute Gasteiger partial charge is 0.495 e. The van der Waals surface area contributed by atoms with Crippen LogP contribution >= 0.6 is 22.9 Å². The fourth-order valence-corrected chi connectivity index (χ4v) is 4.36. The van der Waals surface area contributed by atoms with Crippen LogP contribution in [0.3, 0.4) is 0 Å². The van der Waals surface area contributed by atoms with E-state index in [0.717, 1.165) is 33.5 Å². The number of urea groups is 1. The van der Waals surface area contributed by atoms with Gasteiger partial charge in [0, 0.05) is 31.2 Å². The van der Waals surface area contributed by atoms with Gasteiger partial charge in [0.25, 0.3) is 0 Å². The lowest BCUT2D eigenvalue weighted by molar-refractivity contribution is 0.208. The molecule has 0 saturated carbocycles. The van der Waals surface area contributed by atoms with Gasteiger partial charge in [-0.3, -0.25) is 0 Å². The molecule has 0 aliphatic carbocycles. The van der Waals surface area contributed by atoms with Gasteiger partial charge in [0.1, 0.15) is 5.75 Å². The summed E-state index contributed by atoms with van der Waals surface area (Å²) >= 11 is 7.69. The van der Waals surface area contributed by atoms with E-state index in [4.69, 9.17) is 16.3 Å². The summed E-state index contributed by atoms with van der Waals surface area (Å²) in [5.41, 5.74) is 1.63. The number of nitrogens with zero attached hydrogens (tertiary/aromatic N) is 3. The number of hydrogen-bond donors (Lipinski definition) is 1. The predicted octanol–water partition coefficient (Wildman–Crippen LogP) is 4.31. The molecule has 0 bridgehead atoms. The van der Waals surface area contributed by atoms with E-state index in [1.165, 1.54) is 0 Å². The average molecular weight is 403 g/mol. The maximum Gasteiger partial charge on any atom is 0.322 e. The minimum atomic E-state index is -0.116. The number of ether oxygens (including phenoxy) is 1. The fraction of sp³-hybridized carbons (Fsp3) is 0.263. The van der Waals surface area contributed by atoms with Crippen molar-refractivity contribution in [3.63, 3.8) is 0 Å². The van der Waals surface area contributed by atoms with Crippen LogP contribution in [0, 0.1) is 0 Å². The Hall–Kier alpha value is -2.51. The van der Waals surface area contributed by atoms with Gasteiger partial charge in [0.2, 0.25) is 0 Å². The molecule has 0 spiro atoms. The first-order chi connectivity index (χ1) is 13.1. The van der Waals surface area contributed by atoms with Crippen molar-refractivity contribution in [1.29, 1.82) is 0 Å². The number of benzene rings is 2. The predicted molar refractivity (Wildman–Crippen MR) is 110 cm³/mol. The molecular weight excluding hydrogens is 384 g/mol. The molecule has 27 heavy (non-hydrogen) atoms. The quantitative estimate of drug-likeness (QED) is 0.709. The van der Waals surface area contributed by atoms with Gasteiger partial charge in [-0.1, -0.05) is 35.1 Å². The molecule has 2 amide bonds. The molecule has 2 heterocycles. The monoisotopic (exact) mass is 402 g/mol. The molecule has 1 fully saturated rings. The van der Waals surface area contributed by atoms with Crippen LogP contribution in [0.4, 0.5) is 15.6 Å². The maximum atomic E-state index is 12.6. The standard InChI is InChI=1S/C19H19ClN4O2S/c1-26-16-5-3-2-4-14(16)21-18(25)23-8-10-24(11-9-23)19-22-15-7-6-13(20)12-17(15)27-19/h2-7,12H,8-11H2,1H3,(H,21,25). The summed E-state index contributed by atoms with van der Waals surface area (Å²) in [6.45, 7) is 2.76. The molecule has 4 rings (SSSR count). The van der Waals surface area contributed by atoms with Crippen molar-refractivity contribution >= 4 is 50.0 Å². The highest BCUT2D eigenvalue weighted by Crippen LogP contribution is 2.31. The zero-order valence-corrected chi connectivity index (χ0v) is 16.4. The van der Waals surface area contributed by atoms with Crippen LogP contribution in [0.1, 0.15) is 0 Å². The van der Waals surface area contributed by atoms with E-state index < -0.39 is 0 Å². The number of rotatable bonds is 3. The summed E-state index contributed by atoms with van der Waals surface area (Å²) in [7, 11) is 1.59. The van der Waals surface area contributed by atoms with Gasteiger partial charge < -0.3 is 19.9 Å². The number of halogens is 1. The Morgan fingerprint density at radius 2 is 1.96 bits per heavy atom. The Balaban J connectivity index is 1.40. The average Bonchev–Trinajstić information content (AvgIpc) is 3.11. The van der Waals surface area contributed by atoms with E-state index in [9.17, 15) is 4.79 Å². The van der Waals surface area contributed by atoms with Gasteiger partial charge in [-0.2, -0.15) is 0 Å². The first kappa shape index (κ1) is 17.9. The van der Waals surface area contributed by atoms with Crippen molar-refractivity contribution in [2.45, 2.75) is 0 Å². The van der Waals surface area contributed by atoms with Gasteiger partial charge in [-0.15, -0.1) is 0 Å². The lowest BCUT2D eigenvalue weighted by Crippen LogP contribution is -2.50. The van der Waals surface area contributed by atoms with E-state index in [0.29, 0.717) is 24.5 Å². The summed E-state index contributed by atoms with van der Waals surface area (Å²) in [5, 5.41) is 4.62. The normalized spacial score (nSPS) is 14.4. The van der Waals surface area contributed by atoms with E-state index in [1.54, 1.807) is 18.4 Å². The van der Waals surface area contributed by atoms with Gasteiger partial charge >= 0.3 is 6.03 Å². The van der Waals surface area contributed by atoms with Crippen LogP contribution in [0.25, 0.3) is 10.2 Å². The van der Waals surface area contributed by atoms with E-state index in [-0.39, 0.29) is 6.03 Å². The molecule has 3 aromatic rings. The SMILES string of the molecule is COc1ccccc1NC(=O)N1CCN(c2nc3ccc(Cl)cc3s2)CC1. The molecule has 1 aliphatic heterocycles. The van der Waals surface area contributed by atoms with Crippen LogP contribution in [-0.2, 0) is 0 Å². The van der Waals surface area contributed by atoms with Gasteiger partial charge in [0.15, 0.2) is 5.13 Å². The van der Waals surface area contributed by atoms with Crippen LogP contribution in [0.5, 0.6) is 5.75 Å². The molecule has 0 atom stereocenters. The first-order valence-electron chi connectivity index (χ1n) is 8.64. The van der Waals surface area contributed by atoms with E-state index in [2.05, 4.69) is 15.2 Å². The molecule has 1 saturated heterocycles. The Kier molecular flexibility index (Phi) is 5.05. The highest BCUT2D eigenvalue weighted by atomic mass is 35.5. The third kappa shape index (κ3) is 3.79. The lowest BCUT2D eigenvalue weighted by atomic mass is 10.3. The molecular formula is C19H19ClN4O2S. The molecule has 1 aromatic heterocycles. The van der Waals surface area contributed by atoms with Crippen LogP contribution in [0.2, 0.25) is 5.02 Å². The number of amides is 2. The highest BCUT2D eigenvalue weighted by molar-refractivity contribution is 7.22. The van der Waals surface area contributed by atoms with Crippen LogP contribution in [-0.4, -0.2) is 49.2 Å². The maximum absolute atomic E-state index is 12.6. The minimum Gasteiger partial charge on any atom is -0.495 e. The lowest BCUT2D eigenvalue weighted by Gasteiger charge is -2.34. The molecule has 8 heteroatoms. The number of para-hydroxylation sites is 2. The highest BCUT2D eigenvalue weighted by Gasteiger charge is 2.23. The van der Waals surface area contributed by atoms with Crippen LogP contribution in [0.15, 0.2) is 42.5 Å². The number of piperazine rings is 1. The molecule has 1 N–H and O–H groups in total. The third-order valence-corrected chi connectivity index (χ3v) is 5.84. The molecule has 0 radical (unpaired) electrons. The van der Waals surface area contributed by atoms with Crippen molar-refractivity contribution in [3.05, 3.63) is 47.5 Å². The van der Waals surface area contributed by atoms with Crippen molar-refractivity contribution < 1.29 is 9.53 Å². The number of nitrogens with one attached hydrogen (secondary N) is 1. The Morgan fingerprint density at radius 1 is 1.19 bits per heavy atom. The summed E-state index contributed by atoms with van der Waals surface area (Å²) in [6, 6.07) is 13.0. The first-order valence-corrected chi connectivity index (χ1v) is 9.83. The van der Waals surface area contributed by atoms with Gasteiger partial charge in [-0.05, 0) is 30.3 Å². The third-order valence-electron chi connectivity index (χ3n) is 4.53. The second-order valence-electron chi connectivity index (χ2n) is 6.21. The van der Waals surface area contributed by atoms with Crippen molar-refractivity contribution in [2.24, 2.45) is 0 Å². The fourth-order valence-electron chi connectivity index (χ4n) is 3.06. The number of hydrogen-bond acceptors (Lipinski definition) is 5. The zero-order valence-electron chi connectivity index (χ0n) is 14.8. The molecule has 6 nitrogen and oxygen atoms in total. The zero-order chi connectivity index (χ0) is 18.8. The van der Waals surface area contributed by atoms with Crippen molar-refractivity contribution in [2.75, 3.05) is 43.5 Å². The molecule has 0 unspecified atom stereocenters. The number of carbonyl (C=O) groups excluding carboxylic acids is 1.